The maximum absolute atomic E-state index is 12.1. The molecule has 7 heteroatoms. The molecular weight excluding hydrogens is 298 g/mol. The minimum atomic E-state index is -0.127. The molecule has 6 nitrogen and oxygen atoms in total. The van der Waals surface area contributed by atoms with E-state index in [-0.39, 0.29) is 11.2 Å². The number of hydrogen-bond donors (Lipinski definition) is 1. The third-order valence-corrected chi connectivity index (χ3v) is 5.18. The van der Waals surface area contributed by atoms with Gasteiger partial charge in [-0.1, -0.05) is 30.3 Å². The van der Waals surface area contributed by atoms with Crippen LogP contribution < -0.4 is 5.32 Å². The van der Waals surface area contributed by atoms with E-state index >= 15 is 0 Å². The standard InChI is InChI=1S/C15H19N5OS/c1-10-6-5-7-12(11(10)2)20-15(17-18-19-20)22-13-8-3-4-9-16-14(13)21/h5-7,13H,3-4,8-9H2,1-2H3,(H,16,21). The number of aromatic nitrogens is 4. The Labute approximate surface area is 133 Å². The number of carbonyl (C=O) groups excluding carboxylic acids is 1. The van der Waals surface area contributed by atoms with Crippen LogP contribution in [0.3, 0.4) is 0 Å². The van der Waals surface area contributed by atoms with Crippen LogP contribution in [0.1, 0.15) is 30.4 Å². The molecule has 0 spiro atoms. The van der Waals surface area contributed by atoms with Crippen molar-refractivity contribution in [3.05, 3.63) is 29.3 Å². The maximum Gasteiger partial charge on any atom is 0.233 e. The van der Waals surface area contributed by atoms with E-state index in [4.69, 9.17) is 0 Å². The number of carbonyl (C=O) groups is 1. The number of benzene rings is 1. The summed E-state index contributed by atoms with van der Waals surface area (Å²) >= 11 is 1.44. The van der Waals surface area contributed by atoms with E-state index in [0.29, 0.717) is 5.16 Å². The third-order valence-electron chi connectivity index (χ3n) is 3.98. The molecule has 1 aromatic carbocycles. The fraction of sp³-hybridized carbons (Fsp3) is 0.467. The van der Waals surface area contributed by atoms with Crippen molar-refractivity contribution >= 4 is 17.7 Å². The molecule has 2 heterocycles. The second-order valence-corrected chi connectivity index (χ2v) is 6.66. The molecule has 0 bridgehead atoms. The molecule has 0 radical (unpaired) electrons. The minimum absolute atomic E-state index is 0.0815. The van der Waals surface area contributed by atoms with E-state index in [0.717, 1.165) is 37.1 Å². The monoisotopic (exact) mass is 317 g/mol. The van der Waals surface area contributed by atoms with Crippen LogP contribution in [-0.2, 0) is 4.79 Å². The molecule has 1 aliphatic heterocycles. The van der Waals surface area contributed by atoms with Gasteiger partial charge in [0.05, 0.1) is 10.9 Å². The summed E-state index contributed by atoms with van der Waals surface area (Å²) < 4.78 is 1.73. The van der Waals surface area contributed by atoms with Gasteiger partial charge in [-0.25, -0.2) is 0 Å². The molecule has 1 aliphatic rings. The van der Waals surface area contributed by atoms with E-state index < -0.39 is 0 Å². The topological polar surface area (TPSA) is 72.7 Å². The third kappa shape index (κ3) is 2.99. The first kappa shape index (κ1) is 15.0. The molecule has 1 saturated heterocycles. The Hall–Kier alpha value is -1.89. The lowest BCUT2D eigenvalue weighted by Gasteiger charge is -2.13. The zero-order valence-electron chi connectivity index (χ0n) is 12.7. The van der Waals surface area contributed by atoms with Crippen molar-refractivity contribution in [3.8, 4) is 5.69 Å². The highest BCUT2D eigenvalue weighted by Crippen LogP contribution is 2.28. The van der Waals surface area contributed by atoms with Crippen LogP contribution in [0, 0.1) is 13.8 Å². The van der Waals surface area contributed by atoms with E-state index in [9.17, 15) is 4.79 Å². The number of amides is 1. The maximum atomic E-state index is 12.1. The van der Waals surface area contributed by atoms with Gasteiger partial charge >= 0.3 is 0 Å². The van der Waals surface area contributed by atoms with Crippen LogP contribution in [-0.4, -0.2) is 37.9 Å². The van der Waals surface area contributed by atoms with Crippen LogP contribution >= 0.6 is 11.8 Å². The second kappa shape index (κ2) is 6.48. The summed E-state index contributed by atoms with van der Waals surface area (Å²) in [5.41, 5.74) is 3.29. The van der Waals surface area contributed by atoms with Gasteiger partial charge in [-0.3, -0.25) is 4.79 Å². The molecule has 1 fully saturated rings. The highest BCUT2D eigenvalue weighted by Gasteiger charge is 2.25. The van der Waals surface area contributed by atoms with E-state index in [1.54, 1.807) is 4.68 Å². The molecule has 1 amide bonds. The first-order valence-corrected chi connectivity index (χ1v) is 8.34. The summed E-state index contributed by atoms with van der Waals surface area (Å²) in [4.78, 5) is 12.1. The summed E-state index contributed by atoms with van der Waals surface area (Å²) in [7, 11) is 0. The number of hydrogen-bond acceptors (Lipinski definition) is 5. The van der Waals surface area contributed by atoms with Crippen molar-refractivity contribution in [3.63, 3.8) is 0 Å². The van der Waals surface area contributed by atoms with Crippen molar-refractivity contribution in [2.45, 2.75) is 43.5 Å². The molecule has 116 valence electrons. The Balaban J connectivity index is 1.89. The summed E-state index contributed by atoms with van der Waals surface area (Å²) in [6, 6.07) is 6.05. The molecule has 2 aromatic rings. The normalized spacial score (nSPS) is 18.8. The van der Waals surface area contributed by atoms with Crippen LogP contribution in [0.15, 0.2) is 23.4 Å². The fourth-order valence-electron chi connectivity index (χ4n) is 2.52. The van der Waals surface area contributed by atoms with Crippen molar-refractivity contribution in [2.75, 3.05) is 6.54 Å². The molecule has 1 atom stereocenters. The smallest absolute Gasteiger partial charge is 0.233 e. The zero-order valence-corrected chi connectivity index (χ0v) is 13.6. The average molecular weight is 317 g/mol. The fourth-order valence-corrected chi connectivity index (χ4v) is 3.57. The highest BCUT2D eigenvalue weighted by molar-refractivity contribution is 8.00. The van der Waals surface area contributed by atoms with Gasteiger partial charge in [-0.05, 0) is 54.3 Å². The Morgan fingerprint density at radius 3 is 3.05 bits per heavy atom. The first-order valence-electron chi connectivity index (χ1n) is 7.46. The molecule has 1 aromatic heterocycles. The van der Waals surface area contributed by atoms with Crippen molar-refractivity contribution < 1.29 is 4.79 Å². The van der Waals surface area contributed by atoms with Crippen molar-refractivity contribution in [1.29, 1.82) is 0 Å². The number of tetrazole rings is 1. The quantitative estimate of drug-likeness (QED) is 0.938. The molecule has 22 heavy (non-hydrogen) atoms. The van der Waals surface area contributed by atoms with Crippen LogP contribution in [0.2, 0.25) is 0 Å². The number of nitrogens with zero attached hydrogens (tertiary/aromatic N) is 4. The van der Waals surface area contributed by atoms with Gasteiger partial charge < -0.3 is 5.32 Å². The van der Waals surface area contributed by atoms with E-state index in [1.807, 2.05) is 12.1 Å². The minimum Gasteiger partial charge on any atom is -0.355 e. The van der Waals surface area contributed by atoms with Crippen LogP contribution in [0.5, 0.6) is 0 Å². The average Bonchev–Trinajstić information content (AvgIpc) is 2.86. The van der Waals surface area contributed by atoms with Crippen molar-refractivity contribution in [1.82, 2.24) is 25.5 Å². The molecule has 0 aliphatic carbocycles. The lowest BCUT2D eigenvalue weighted by Crippen LogP contribution is -2.30. The van der Waals surface area contributed by atoms with E-state index in [2.05, 4.69) is 40.8 Å². The number of aryl methyl sites for hydroxylation is 1. The van der Waals surface area contributed by atoms with Gasteiger partial charge in [0, 0.05) is 6.54 Å². The van der Waals surface area contributed by atoms with Gasteiger partial charge in [-0.15, -0.1) is 5.10 Å². The SMILES string of the molecule is Cc1cccc(-n2nnnc2SC2CCCCNC2=O)c1C. The summed E-state index contributed by atoms with van der Waals surface area (Å²) in [6.07, 6.45) is 2.93. The summed E-state index contributed by atoms with van der Waals surface area (Å²) in [6.45, 7) is 4.88. The molecular formula is C15H19N5OS. The zero-order chi connectivity index (χ0) is 15.5. The number of nitrogens with one attached hydrogen (secondary N) is 1. The van der Waals surface area contributed by atoms with Crippen LogP contribution in [0.25, 0.3) is 5.69 Å². The number of rotatable bonds is 3. The Kier molecular flexibility index (Phi) is 4.42. The summed E-state index contributed by atoms with van der Waals surface area (Å²) in [5.74, 6) is 0.0815. The predicted octanol–water partition coefficient (Wildman–Crippen LogP) is 2.04. The lowest BCUT2D eigenvalue weighted by atomic mass is 10.1. The Morgan fingerprint density at radius 1 is 1.32 bits per heavy atom. The first-order chi connectivity index (χ1) is 10.7. The molecule has 1 N–H and O–H groups in total. The predicted molar refractivity (Wildman–Crippen MR) is 85.1 cm³/mol. The molecule has 1 unspecified atom stereocenters. The second-order valence-electron chi connectivity index (χ2n) is 5.49. The van der Waals surface area contributed by atoms with Gasteiger partial charge in [0.2, 0.25) is 11.1 Å². The molecule has 3 rings (SSSR count). The van der Waals surface area contributed by atoms with Crippen LogP contribution in [0.4, 0.5) is 0 Å². The van der Waals surface area contributed by atoms with Crippen molar-refractivity contribution in [2.24, 2.45) is 0 Å². The van der Waals surface area contributed by atoms with Gasteiger partial charge in [0.1, 0.15) is 0 Å². The van der Waals surface area contributed by atoms with E-state index in [1.165, 1.54) is 17.3 Å². The molecule has 0 saturated carbocycles. The Bertz CT molecular complexity index is 684. The summed E-state index contributed by atoms with van der Waals surface area (Å²) in [5, 5.41) is 15.5. The lowest BCUT2D eigenvalue weighted by molar-refractivity contribution is -0.120. The number of thioether (sulfide) groups is 1. The van der Waals surface area contributed by atoms with Gasteiger partial charge in [-0.2, -0.15) is 4.68 Å². The van der Waals surface area contributed by atoms with Gasteiger partial charge in [0.25, 0.3) is 0 Å². The Morgan fingerprint density at radius 2 is 2.18 bits per heavy atom. The highest BCUT2D eigenvalue weighted by atomic mass is 32.2. The largest absolute Gasteiger partial charge is 0.355 e. The van der Waals surface area contributed by atoms with Gasteiger partial charge in [0.15, 0.2) is 0 Å².